The zero-order valence-electron chi connectivity index (χ0n) is 13.1. The van der Waals surface area contributed by atoms with Crippen molar-refractivity contribution in [1.29, 1.82) is 0 Å². The van der Waals surface area contributed by atoms with Crippen molar-refractivity contribution < 1.29 is 17.9 Å². The van der Waals surface area contributed by atoms with E-state index in [-0.39, 0.29) is 26.7 Å². The maximum Gasteiger partial charge on any atom is 0.255 e. The lowest BCUT2D eigenvalue weighted by Gasteiger charge is -2.16. The number of nitrogens with two attached hydrogens (primary N) is 1. The van der Waals surface area contributed by atoms with E-state index < -0.39 is 15.9 Å². The van der Waals surface area contributed by atoms with Gasteiger partial charge in [-0.3, -0.25) is 4.79 Å². The molecule has 6 nitrogen and oxygen atoms in total. The summed E-state index contributed by atoms with van der Waals surface area (Å²) in [6, 6.07) is 6.45. The molecule has 1 aromatic carbocycles. The highest BCUT2D eigenvalue weighted by atomic mass is 79.9. The Balaban J connectivity index is 2.27. The first-order chi connectivity index (χ1) is 11.2. The van der Waals surface area contributed by atoms with E-state index in [4.69, 9.17) is 9.88 Å². The summed E-state index contributed by atoms with van der Waals surface area (Å²) in [5.41, 5.74) is 0.114. The highest BCUT2D eigenvalue weighted by Gasteiger charge is 2.22. The number of rotatable bonds is 6. The summed E-state index contributed by atoms with van der Waals surface area (Å²) in [6.07, 6.45) is 0.685. The molecule has 3 N–H and O–H groups in total. The quantitative estimate of drug-likeness (QED) is 0.732. The normalized spacial score (nSPS) is 12.7. The third-order valence-electron chi connectivity index (χ3n) is 3.27. The number of hydrogen-bond acceptors (Lipinski definition) is 5. The van der Waals surface area contributed by atoms with Gasteiger partial charge in [0.25, 0.3) is 5.91 Å². The molecule has 0 aliphatic rings. The van der Waals surface area contributed by atoms with Gasteiger partial charge in [0.15, 0.2) is 0 Å². The molecule has 1 aromatic heterocycles. The van der Waals surface area contributed by atoms with Gasteiger partial charge in [0.05, 0.1) is 17.6 Å². The van der Waals surface area contributed by atoms with E-state index in [9.17, 15) is 13.2 Å². The summed E-state index contributed by atoms with van der Waals surface area (Å²) in [4.78, 5) is 13.5. The number of carbonyl (C=O) groups excluding carboxylic acids is 1. The summed E-state index contributed by atoms with van der Waals surface area (Å²) >= 11 is 4.74. The van der Waals surface area contributed by atoms with Crippen LogP contribution in [0.4, 0.5) is 0 Å². The van der Waals surface area contributed by atoms with Crippen LogP contribution in [0.1, 0.15) is 22.2 Å². The van der Waals surface area contributed by atoms with Gasteiger partial charge in [0.2, 0.25) is 10.0 Å². The van der Waals surface area contributed by atoms with E-state index in [0.29, 0.717) is 6.42 Å². The van der Waals surface area contributed by atoms with E-state index in [2.05, 4.69) is 21.2 Å². The van der Waals surface area contributed by atoms with Crippen molar-refractivity contribution in [2.45, 2.75) is 24.3 Å². The van der Waals surface area contributed by atoms with Crippen molar-refractivity contribution in [1.82, 2.24) is 5.32 Å². The molecule has 9 heteroatoms. The van der Waals surface area contributed by atoms with Gasteiger partial charge in [-0.05, 0) is 46.4 Å². The van der Waals surface area contributed by atoms with Crippen LogP contribution in [0.3, 0.4) is 0 Å². The number of halogens is 1. The van der Waals surface area contributed by atoms with Crippen LogP contribution < -0.4 is 15.2 Å². The molecular formula is C15H17BrN2O4S2. The Labute approximate surface area is 153 Å². The minimum Gasteiger partial charge on any atom is -0.496 e. The number of benzene rings is 1. The molecule has 130 valence electrons. The van der Waals surface area contributed by atoms with Gasteiger partial charge in [0, 0.05) is 21.8 Å². The molecule has 0 bridgehead atoms. The molecule has 1 unspecified atom stereocenters. The van der Waals surface area contributed by atoms with E-state index in [1.54, 1.807) is 11.3 Å². The molecule has 1 heterocycles. The van der Waals surface area contributed by atoms with Crippen LogP contribution in [0, 0.1) is 0 Å². The molecule has 0 saturated carbocycles. The third-order valence-corrected chi connectivity index (χ3v) is 6.04. The van der Waals surface area contributed by atoms with Gasteiger partial charge < -0.3 is 10.1 Å². The number of carbonyl (C=O) groups is 1. The number of amides is 1. The summed E-state index contributed by atoms with van der Waals surface area (Å²) in [5.74, 6) is -0.164. The summed E-state index contributed by atoms with van der Waals surface area (Å²) < 4.78 is 28.7. The molecule has 0 fully saturated rings. The molecule has 2 aromatic rings. The fraction of sp³-hybridized carbons (Fsp3) is 0.267. The third kappa shape index (κ3) is 4.56. The first-order valence-electron chi connectivity index (χ1n) is 6.96. The smallest absolute Gasteiger partial charge is 0.255 e. The lowest BCUT2D eigenvalue weighted by molar-refractivity contribution is 0.0937. The topological polar surface area (TPSA) is 98.5 Å². The maximum absolute atomic E-state index is 12.5. The molecule has 0 aliphatic heterocycles. The summed E-state index contributed by atoms with van der Waals surface area (Å²) in [6.45, 7) is 1.88. The highest BCUT2D eigenvalue weighted by Crippen LogP contribution is 2.30. The Kier molecular flexibility index (Phi) is 6.02. The fourth-order valence-electron chi connectivity index (χ4n) is 2.18. The minimum absolute atomic E-state index is 0.114. The number of sulfonamides is 1. The molecule has 1 amide bonds. The number of thiophene rings is 1. The van der Waals surface area contributed by atoms with E-state index in [1.807, 2.05) is 24.4 Å². The first-order valence-corrected chi connectivity index (χ1v) is 10.2. The molecule has 24 heavy (non-hydrogen) atoms. The molecule has 0 spiro atoms. The number of primary sulfonamides is 1. The van der Waals surface area contributed by atoms with Crippen molar-refractivity contribution in [3.63, 3.8) is 0 Å². The summed E-state index contributed by atoms with van der Waals surface area (Å²) in [7, 11) is -2.56. The predicted molar refractivity (Wildman–Crippen MR) is 97.0 cm³/mol. The van der Waals surface area contributed by atoms with Crippen LogP contribution in [0.2, 0.25) is 0 Å². The molecule has 1 atom stereocenters. The Morgan fingerprint density at radius 2 is 2.17 bits per heavy atom. The van der Waals surface area contributed by atoms with Gasteiger partial charge in [-0.25, -0.2) is 13.6 Å². The number of nitrogens with one attached hydrogen (secondary N) is 1. The van der Waals surface area contributed by atoms with Crippen LogP contribution in [-0.2, 0) is 16.4 Å². The SMILES string of the molecule is COc1cc(Br)c(S(N)(=O)=O)cc1C(=O)NC(C)Cc1cccs1. The zero-order valence-corrected chi connectivity index (χ0v) is 16.3. The average Bonchev–Trinajstić information content (AvgIpc) is 2.97. The Morgan fingerprint density at radius 3 is 2.71 bits per heavy atom. The molecule has 2 rings (SSSR count). The Morgan fingerprint density at radius 1 is 1.46 bits per heavy atom. The zero-order chi connectivity index (χ0) is 17.9. The van der Waals surface area contributed by atoms with E-state index in [1.165, 1.54) is 19.2 Å². The van der Waals surface area contributed by atoms with Crippen molar-refractivity contribution in [3.8, 4) is 5.75 Å². The van der Waals surface area contributed by atoms with Gasteiger partial charge in [-0.2, -0.15) is 0 Å². The Bertz CT molecular complexity index is 835. The van der Waals surface area contributed by atoms with Crippen LogP contribution in [0.15, 0.2) is 39.0 Å². The maximum atomic E-state index is 12.5. The second kappa shape index (κ2) is 7.64. The van der Waals surface area contributed by atoms with Gasteiger partial charge in [0.1, 0.15) is 5.75 Å². The van der Waals surface area contributed by atoms with Crippen LogP contribution >= 0.6 is 27.3 Å². The van der Waals surface area contributed by atoms with Crippen LogP contribution in [-0.4, -0.2) is 27.5 Å². The van der Waals surface area contributed by atoms with Gasteiger partial charge >= 0.3 is 0 Å². The highest BCUT2D eigenvalue weighted by molar-refractivity contribution is 9.10. The van der Waals surface area contributed by atoms with Crippen molar-refractivity contribution in [2.75, 3.05) is 7.11 Å². The summed E-state index contributed by atoms with van der Waals surface area (Å²) in [5, 5.41) is 10.00. The van der Waals surface area contributed by atoms with Crippen molar-refractivity contribution >= 4 is 43.2 Å². The van der Waals surface area contributed by atoms with Crippen LogP contribution in [0.5, 0.6) is 5.75 Å². The molecule has 0 radical (unpaired) electrons. The van der Waals surface area contributed by atoms with Gasteiger partial charge in [-0.15, -0.1) is 11.3 Å². The number of methoxy groups -OCH3 is 1. The molecular weight excluding hydrogens is 416 g/mol. The standard InChI is InChI=1S/C15H17BrN2O4S2/c1-9(6-10-4-3-5-23-10)18-15(19)11-7-14(24(17,20)21)12(16)8-13(11)22-2/h3-5,7-9H,6H2,1-2H3,(H,18,19)(H2,17,20,21). The first kappa shape index (κ1) is 18.9. The van der Waals surface area contributed by atoms with Crippen molar-refractivity contribution in [3.05, 3.63) is 44.6 Å². The van der Waals surface area contributed by atoms with E-state index in [0.717, 1.165) is 4.88 Å². The monoisotopic (exact) mass is 432 g/mol. The average molecular weight is 433 g/mol. The number of hydrogen-bond donors (Lipinski definition) is 2. The minimum atomic E-state index is -3.96. The largest absolute Gasteiger partial charge is 0.496 e. The van der Waals surface area contributed by atoms with Crippen molar-refractivity contribution in [2.24, 2.45) is 5.14 Å². The molecule has 0 aliphatic carbocycles. The lowest BCUT2D eigenvalue weighted by Crippen LogP contribution is -2.34. The lowest BCUT2D eigenvalue weighted by atomic mass is 10.1. The predicted octanol–water partition coefficient (Wildman–Crippen LogP) is 2.53. The number of ether oxygens (including phenoxy) is 1. The van der Waals surface area contributed by atoms with E-state index >= 15 is 0 Å². The second-order valence-electron chi connectivity index (χ2n) is 5.19. The fourth-order valence-corrected chi connectivity index (χ4v) is 4.63. The van der Waals surface area contributed by atoms with Crippen LogP contribution in [0.25, 0.3) is 0 Å². The Hall–Kier alpha value is -1.42. The molecule has 0 saturated heterocycles. The second-order valence-corrected chi connectivity index (χ2v) is 8.60. The van der Waals surface area contributed by atoms with Gasteiger partial charge in [-0.1, -0.05) is 6.07 Å².